The lowest BCUT2D eigenvalue weighted by Gasteiger charge is -2.34. The Morgan fingerprint density at radius 1 is 1.26 bits per heavy atom. The van der Waals surface area contributed by atoms with Crippen LogP contribution < -0.4 is 21.6 Å². The van der Waals surface area contributed by atoms with Crippen molar-refractivity contribution in [3.63, 3.8) is 0 Å². The molecule has 1 atom stereocenters. The van der Waals surface area contributed by atoms with Crippen LogP contribution in [0.3, 0.4) is 0 Å². The number of rotatable bonds is 7. The molecule has 1 saturated carbocycles. The number of benzene rings is 1. The molecular formula is C26H26BClF2N8. The van der Waals surface area contributed by atoms with Crippen molar-refractivity contribution in [1.29, 1.82) is 5.26 Å². The minimum Gasteiger partial charge on any atom is -0.383 e. The van der Waals surface area contributed by atoms with Crippen molar-refractivity contribution in [3.05, 3.63) is 70.4 Å². The molecule has 3 aromatic rings. The fourth-order valence-corrected chi connectivity index (χ4v) is 4.52. The van der Waals surface area contributed by atoms with Gasteiger partial charge in [0.15, 0.2) is 0 Å². The Labute approximate surface area is 225 Å². The van der Waals surface area contributed by atoms with E-state index in [-0.39, 0.29) is 11.0 Å². The number of hydrogen-bond acceptors (Lipinski definition) is 8. The Hall–Kier alpha value is -3.62. The van der Waals surface area contributed by atoms with E-state index in [4.69, 9.17) is 19.4 Å². The van der Waals surface area contributed by atoms with Gasteiger partial charge in [0.2, 0.25) is 11.9 Å². The average Bonchev–Trinajstić information content (AvgIpc) is 3.57. The van der Waals surface area contributed by atoms with E-state index < -0.39 is 17.3 Å². The molecule has 0 unspecified atom stereocenters. The van der Waals surface area contributed by atoms with E-state index in [1.807, 2.05) is 5.01 Å². The molecule has 12 heteroatoms. The zero-order chi connectivity index (χ0) is 27.2. The van der Waals surface area contributed by atoms with Gasteiger partial charge < -0.3 is 16.1 Å². The zero-order valence-electron chi connectivity index (χ0n) is 21.2. The first-order chi connectivity index (χ1) is 18.0. The van der Waals surface area contributed by atoms with Crippen LogP contribution in [0.2, 0.25) is 5.02 Å². The number of aromatic nitrogens is 2. The van der Waals surface area contributed by atoms with E-state index in [1.165, 1.54) is 12.3 Å². The van der Waals surface area contributed by atoms with Gasteiger partial charge in [0.05, 0.1) is 32.9 Å². The predicted molar refractivity (Wildman–Crippen MR) is 144 cm³/mol. The number of nitrogens with one attached hydrogen (secondary N) is 4. The Bertz CT molecular complexity index is 1480. The second kappa shape index (κ2) is 9.60. The molecule has 0 saturated heterocycles. The van der Waals surface area contributed by atoms with E-state index in [1.54, 1.807) is 18.3 Å². The summed E-state index contributed by atoms with van der Waals surface area (Å²) >= 11 is 6.64. The maximum atomic E-state index is 15.0. The topological polar surface area (TPSA) is 101 Å². The molecule has 3 heterocycles. The summed E-state index contributed by atoms with van der Waals surface area (Å²) in [4.78, 5) is 7.73. The maximum Gasteiger partial charge on any atom is 0.220 e. The van der Waals surface area contributed by atoms with Crippen LogP contribution in [0.25, 0.3) is 10.9 Å². The quantitative estimate of drug-likeness (QED) is 0.257. The molecule has 2 aromatic heterocycles. The molecule has 38 heavy (non-hydrogen) atoms. The number of anilines is 2. The Morgan fingerprint density at radius 3 is 2.68 bits per heavy atom. The van der Waals surface area contributed by atoms with Gasteiger partial charge in [-0.2, -0.15) is 19.0 Å². The number of hydrazine groups is 2. The van der Waals surface area contributed by atoms with Gasteiger partial charge in [-0.25, -0.2) is 0 Å². The number of nitrogens with zero attached hydrogens (tertiary/aromatic N) is 4. The van der Waals surface area contributed by atoms with Crippen LogP contribution in [0.5, 0.6) is 0 Å². The summed E-state index contributed by atoms with van der Waals surface area (Å²) in [6.45, 7) is 6.81. The molecule has 1 fully saturated rings. The van der Waals surface area contributed by atoms with Crippen LogP contribution in [0.15, 0.2) is 42.4 Å². The van der Waals surface area contributed by atoms with Gasteiger partial charge in [-0.15, -0.1) is 5.53 Å². The molecule has 5 rings (SSSR count). The maximum absolute atomic E-state index is 15.0. The largest absolute Gasteiger partial charge is 0.383 e. The van der Waals surface area contributed by atoms with Gasteiger partial charge in [-0.05, 0) is 42.5 Å². The predicted octanol–water partition coefficient (Wildman–Crippen LogP) is 4.65. The number of hydrogen-bond donors (Lipinski definition) is 4. The van der Waals surface area contributed by atoms with Crippen molar-refractivity contribution in [3.8, 4) is 6.07 Å². The second-order valence-electron chi connectivity index (χ2n) is 10.8. The van der Waals surface area contributed by atoms with E-state index in [2.05, 4.69) is 58.4 Å². The molecule has 0 amide bonds. The molecule has 0 spiro atoms. The fourth-order valence-electron chi connectivity index (χ4n) is 4.25. The van der Waals surface area contributed by atoms with E-state index in [0.29, 0.717) is 51.1 Å². The van der Waals surface area contributed by atoms with Crippen molar-refractivity contribution in [2.75, 3.05) is 17.2 Å². The first-order valence-electron chi connectivity index (χ1n) is 12.2. The van der Waals surface area contributed by atoms with Crippen molar-refractivity contribution >= 4 is 41.7 Å². The van der Waals surface area contributed by atoms with Crippen LogP contribution >= 0.6 is 11.6 Å². The third-order valence-electron chi connectivity index (χ3n) is 6.37. The summed E-state index contributed by atoms with van der Waals surface area (Å²) in [5, 5.41) is 19.0. The molecule has 1 aliphatic carbocycles. The highest BCUT2D eigenvalue weighted by Crippen LogP contribution is 2.38. The Kier molecular flexibility index (Phi) is 6.57. The molecule has 194 valence electrons. The number of halogens is 3. The highest BCUT2D eigenvalue weighted by molar-refractivity contribution is 6.36. The third-order valence-corrected chi connectivity index (χ3v) is 6.66. The lowest BCUT2D eigenvalue weighted by molar-refractivity contribution is 0.260. The first-order valence-corrected chi connectivity index (χ1v) is 12.5. The van der Waals surface area contributed by atoms with Crippen molar-refractivity contribution in [1.82, 2.24) is 25.9 Å². The van der Waals surface area contributed by atoms with Gasteiger partial charge in [0.1, 0.15) is 13.9 Å². The van der Waals surface area contributed by atoms with E-state index >= 15 is 4.39 Å². The summed E-state index contributed by atoms with van der Waals surface area (Å²) < 4.78 is 28.7. The van der Waals surface area contributed by atoms with E-state index in [0.717, 1.165) is 18.9 Å². The van der Waals surface area contributed by atoms with Gasteiger partial charge in [-0.1, -0.05) is 32.4 Å². The molecule has 1 aliphatic heterocycles. The highest BCUT2D eigenvalue weighted by atomic mass is 35.5. The van der Waals surface area contributed by atoms with Crippen LogP contribution in [0.4, 0.5) is 20.2 Å². The summed E-state index contributed by atoms with van der Waals surface area (Å²) in [5.74, 6) is -2.02. The molecular weight excluding hydrogens is 509 g/mol. The van der Waals surface area contributed by atoms with Crippen molar-refractivity contribution < 1.29 is 8.78 Å². The number of nitriles is 1. The molecule has 4 N–H and O–H groups in total. The monoisotopic (exact) mass is 534 g/mol. The average molecular weight is 535 g/mol. The minimum atomic E-state index is -1.70. The minimum absolute atomic E-state index is 0.0669. The molecule has 2 aliphatic rings. The molecule has 0 bridgehead atoms. The lowest BCUT2D eigenvalue weighted by atomic mass is 9.69. The van der Waals surface area contributed by atoms with Gasteiger partial charge in [-0.3, -0.25) is 9.99 Å². The van der Waals surface area contributed by atoms with Crippen LogP contribution in [-0.4, -0.2) is 35.4 Å². The van der Waals surface area contributed by atoms with Crippen molar-refractivity contribution in [2.45, 2.75) is 45.1 Å². The number of pyridine rings is 2. The van der Waals surface area contributed by atoms with E-state index in [9.17, 15) is 9.65 Å². The lowest BCUT2D eigenvalue weighted by Crippen LogP contribution is -2.46. The second-order valence-corrected chi connectivity index (χ2v) is 11.2. The van der Waals surface area contributed by atoms with Gasteiger partial charge >= 0.3 is 0 Å². The third kappa shape index (κ3) is 5.06. The summed E-state index contributed by atoms with van der Waals surface area (Å²) in [6.07, 6.45) is 5.25. The Balaban J connectivity index is 1.62. The highest BCUT2D eigenvalue weighted by Gasteiger charge is 2.39. The summed E-state index contributed by atoms with van der Waals surface area (Å²) in [6, 6.07) is 8.14. The molecule has 2 radical (unpaired) electrons. The zero-order valence-corrected chi connectivity index (χ0v) is 21.9. The molecule has 1 aromatic carbocycles. The van der Waals surface area contributed by atoms with Crippen LogP contribution in [0.1, 0.15) is 44.7 Å². The smallest absolute Gasteiger partial charge is 0.220 e. The fraction of sp³-hybridized carbons (Fsp3) is 0.346. The summed E-state index contributed by atoms with van der Waals surface area (Å²) in [5.41, 5.74) is 6.44. The normalized spacial score (nSPS) is 17.0. The molecule has 8 nitrogen and oxygen atoms in total. The number of fused-ring (bicyclic) bond motifs is 1. The van der Waals surface area contributed by atoms with Gasteiger partial charge in [0.25, 0.3) is 0 Å². The van der Waals surface area contributed by atoms with Crippen molar-refractivity contribution in [2.24, 2.45) is 5.41 Å². The van der Waals surface area contributed by atoms with Crippen LogP contribution in [-0.2, 0) is 5.44 Å². The van der Waals surface area contributed by atoms with Crippen LogP contribution in [0, 0.1) is 28.6 Å². The SMILES string of the molecule is [B][C@@](Nc1cc(Cl)c2ncc(C#N)c(NCC(C)(C)C)c2c1)(C1=CN(C2CC2)NN1)c1ccc(F)nc1F. The Morgan fingerprint density at radius 2 is 2.03 bits per heavy atom. The first kappa shape index (κ1) is 26.0. The van der Waals surface area contributed by atoms with Gasteiger partial charge in [0, 0.05) is 41.6 Å². The standard InChI is InChI=1S/C26H26BClF2N8/c1-25(2,3)13-33-22-14(10-31)11-32-23-17(22)8-15(9-19(23)28)35-26(27,18-6-7-21(29)34-24(18)30)20-12-38(37-36-20)16-4-5-16/h6-9,11-12,16,35-37H,4-5,13H2,1-3H3,(H,32,33)/t26-/m0/s1. The summed E-state index contributed by atoms with van der Waals surface area (Å²) in [7, 11) is 6.86.